The minimum Gasteiger partial charge on any atom is -0.377 e. The van der Waals surface area contributed by atoms with Gasteiger partial charge in [-0.05, 0) is 50.3 Å². The topological polar surface area (TPSA) is 87.1 Å². The van der Waals surface area contributed by atoms with Crippen LogP contribution in [0.2, 0.25) is 0 Å². The number of amides is 1. The largest absolute Gasteiger partial charge is 0.377 e. The molecular formula is C21H22N4O2S2. The van der Waals surface area contributed by atoms with Crippen LogP contribution in [0, 0.1) is 6.92 Å². The van der Waals surface area contributed by atoms with E-state index < -0.39 is 5.91 Å². The maximum atomic E-state index is 11.5. The number of carbonyl (C=O) groups excluding carboxylic acids is 1. The first kappa shape index (κ1) is 19.8. The van der Waals surface area contributed by atoms with Crippen LogP contribution < -0.4 is 10.8 Å². The average molecular weight is 427 g/mol. The van der Waals surface area contributed by atoms with E-state index in [1.165, 1.54) is 17.7 Å². The second-order valence-electron chi connectivity index (χ2n) is 7.21. The van der Waals surface area contributed by atoms with Gasteiger partial charge in [0.05, 0.1) is 5.70 Å². The maximum Gasteiger partial charge on any atom is 0.274 e. The Morgan fingerprint density at radius 1 is 1.24 bits per heavy atom. The SMILES string of the molecule is C=C(N[C@@H](C)c1ccc(C(=O)NO)cc1)c1nc(-c2nc(C)cs2)sc1C1CC1. The highest BCUT2D eigenvalue weighted by atomic mass is 32.1. The zero-order chi connectivity index (χ0) is 20.5. The zero-order valence-corrected chi connectivity index (χ0v) is 17.9. The van der Waals surface area contributed by atoms with Gasteiger partial charge >= 0.3 is 0 Å². The molecule has 2 aromatic heterocycles. The molecule has 150 valence electrons. The lowest BCUT2D eigenvalue weighted by Gasteiger charge is -2.17. The normalized spacial score (nSPS) is 14.4. The first-order valence-corrected chi connectivity index (χ1v) is 11.1. The molecule has 1 amide bonds. The summed E-state index contributed by atoms with van der Waals surface area (Å²) in [6, 6.07) is 7.09. The number of nitrogens with zero attached hydrogens (tertiary/aromatic N) is 2. The molecule has 1 aromatic carbocycles. The fraction of sp³-hybridized carbons (Fsp3) is 0.286. The van der Waals surface area contributed by atoms with Crippen molar-refractivity contribution >= 4 is 34.3 Å². The molecule has 0 saturated heterocycles. The highest BCUT2D eigenvalue weighted by Crippen LogP contribution is 2.47. The van der Waals surface area contributed by atoms with Crippen molar-refractivity contribution in [3.8, 4) is 10.0 Å². The number of rotatable bonds is 7. The van der Waals surface area contributed by atoms with Crippen LogP contribution in [-0.2, 0) is 0 Å². The quantitative estimate of drug-likeness (QED) is 0.370. The van der Waals surface area contributed by atoms with Crippen molar-refractivity contribution in [1.29, 1.82) is 0 Å². The maximum absolute atomic E-state index is 11.5. The molecule has 0 aliphatic heterocycles. The monoisotopic (exact) mass is 426 g/mol. The highest BCUT2D eigenvalue weighted by Gasteiger charge is 2.31. The van der Waals surface area contributed by atoms with Crippen LogP contribution >= 0.6 is 22.7 Å². The number of hydrogen-bond donors (Lipinski definition) is 3. The van der Waals surface area contributed by atoms with E-state index in [0.717, 1.165) is 32.7 Å². The summed E-state index contributed by atoms with van der Waals surface area (Å²) in [6.45, 7) is 8.29. The van der Waals surface area contributed by atoms with Crippen molar-refractivity contribution in [2.24, 2.45) is 0 Å². The number of thiazole rings is 2. The van der Waals surface area contributed by atoms with Gasteiger partial charge in [0, 0.05) is 27.6 Å². The lowest BCUT2D eigenvalue weighted by atomic mass is 10.1. The van der Waals surface area contributed by atoms with E-state index in [4.69, 9.17) is 10.2 Å². The van der Waals surface area contributed by atoms with Gasteiger partial charge in [0.15, 0.2) is 10.0 Å². The third kappa shape index (κ3) is 4.24. The minimum absolute atomic E-state index is 0.00644. The Morgan fingerprint density at radius 2 is 1.97 bits per heavy atom. The van der Waals surface area contributed by atoms with Crippen molar-refractivity contribution in [2.45, 2.75) is 38.6 Å². The van der Waals surface area contributed by atoms with E-state index in [2.05, 4.69) is 16.9 Å². The van der Waals surface area contributed by atoms with Crippen LogP contribution in [0.15, 0.2) is 36.2 Å². The Morgan fingerprint density at radius 3 is 2.55 bits per heavy atom. The first-order valence-electron chi connectivity index (χ1n) is 9.39. The summed E-state index contributed by atoms with van der Waals surface area (Å²) in [7, 11) is 0. The van der Waals surface area contributed by atoms with E-state index in [1.54, 1.807) is 40.3 Å². The molecule has 1 fully saturated rings. The molecule has 4 rings (SSSR count). The van der Waals surface area contributed by atoms with Crippen molar-refractivity contribution in [2.75, 3.05) is 0 Å². The number of benzene rings is 1. The molecule has 8 heteroatoms. The lowest BCUT2D eigenvalue weighted by Crippen LogP contribution is -2.19. The van der Waals surface area contributed by atoms with Gasteiger partial charge in [0.25, 0.3) is 5.91 Å². The fourth-order valence-corrected chi connectivity index (χ4v) is 5.21. The predicted octanol–water partition coefficient (Wildman–Crippen LogP) is 4.89. The van der Waals surface area contributed by atoms with Crippen LogP contribution in [0.3, 0.4) is 0 Å². The number of aryl methyl sites for hydroxylation is 1. The van der Waals surface area contributed by atoms with Crippen LogP contribution in [0.5, 0.6) is 0 Å². The smallest absolute Gasteiger partial charge is 0.274 e. The van der Waals surface area contributed by atoms with Crippen LogP contribution in [0.1, 0.15) is 63.9 Å². The molecular weight excluding hydrogens is 404 g/mol. The molecule has 0 radical (unpaired) electrons. The molecule has 1 atom stereocenters. The highest BCUT2D eigenvalue weighted by molar-refractivity contribution is 7.20. The molecule has 6 nitrogen and oxygen atoms in total. The molecule has 0 bridgehead atoms. The van der Waals surface area contributed by atoms with E-state index >= 15 is 0 Å². The summed E-state index contributed by atoms with van der Waals surface area (Å²) in [5, 5.41) is 16.1. The van der Waals surface area contributed by atoms with E-state index in [9.17, 15) is 4.79 Å². The number of hydroxylamine groups is 1. The van der Waals surface area contributed by atoms with Crippen molar-refractivity contribution < 1.29 is 10.0 Å². The van der Waals surface area contributed by atoms with Crippen molar-refractivity contribution in [1.82, 2.24) is 20.8 Å². The first-order chi connectivity index (χ1) is 14.0. The van der Waals surface area contributed by atoms with Gasteiger partial charge < -0.3 is 5.32 Å². The van der Waals surface area contributed by atoms with E-state index in [-0.39, 0.29) is 6.04 Å². The number of carbonyl (C=O) groups is 1. The number of nitrogens with one attached hydrogen (secondary N) is 2. The van der Waals surface area contributed by atoms with Gasteiger partial charge in [0.2, 0.25) is 0 Å². The van der Waals surface area contributed by atoms with Crippen LogP contribution in [0.4, 0.5) is 0 Å². The molecule has 3 N–H and O–H groups in total. The molecule has 2 heterocycles. The summed E-state index contributed by atoms with van der Waals surface area (Å²) in [5.41, 5.74) is 5.81. The number of aromatic nitrogens is 2. The average Bonchev–Trinajstić information content (AvgIpc) is 3.32. The summed E-state index contributed by atoms with van der Waals surface area (Å²) >= 11 is 3.34. The third-order valence-corrected chi connectivity index (χ3v) is 7.18. The van der Waals surface area contributed by atoms with Crippen molar-refractivity contribution in [3.05, 3.63) is 63.6 Å². The Labute approximate surface area is 177 Å². The van der Waals surface area contributed by atoms with Crippen LogP contribution in [-0.4, -0.2) is 21.1 Å². The minimum atomic E-state index is -0.525. The van der Waals surface area contributed by atoms with E-state index in [0.29, 0.717) is 11.5 Å². The standard InChI is InChI=1S/C21H22N4O2S2/c1-11-10-28-20(22-11)21-24-17(18(29-21)15-6-7-15)13(3)23-12(2)14-4-8-16(9-5-14)19(26)25-27/h4-5,8-10,12,15,23,27H,3,6-7H2,1-2H3,(H,25,26)/t12-/m0/s1. The molecule has 1 aliphatic rings. The Hall–Kier alpha value is -2.55. The van der Waals surface area contributed by atoms with Gasteiger partial charge in [0.1, 0.15) is 5.69 Å². The molecule has 0 spiro atoms. The summed E-state index contributed by atoms with van der Waals surface area (Å²) in [6.07, 6.45) is 2.39. The summed E-state index contributed by atoms with van der Waals surface area (Å²) < 4.78 is 0. The molecule has 3 aromatic rings. The van der Waals surface area contributed by atoms with Gasteiger partial charge in [-0.1, -0.05) is 18.7 Å². The van der Waals surface area contributed by atoms with E-state index in [1.807, 2.05) is 31.4 Å². The molecule has 1 aliphatic carbocycles. The predicted molar refractivity (Wildman–Crippen MR) is 116 cm³/mol. The summed E-state index contributed by atoms with van der Waals surface area (Å²) in [4.78, 5) is 22.2. The fourth-order valence-electron chi connectivity index (χ4n) is 3.11. The Bertz CT molecular complexity index is 1050. The number of hydrogen-bond acceptors (Lipinski definition) is 7. The van der Waals surface area contributed by atoms with Gasteiger partial charge in [-0.3, -0.25) is 10.0 Å². The second kappa shape index (κ2) is 8.06. The molecule has 29 heavy (non-hydrogen) atoms. The molecule has 0 unspecified atom stereocenters. The van der Waals surface area contributed by atoms with Gasteiger partial charge in [-0.15, -0.1) is 22.7 Å². The summed E-state index contributed by atoms with van der Waals surface area (Å²) in [5.74, 6) is 0.0468. The second-order valence-corrected chi connectivity index (χ2v) is 9.10. The van der Waals surface area contributed by atoms with Crippen LogP contribution in [0.25, 0.3) is 15.7 Å². The molecule has 1 saturated carbocycles. The lowest BCUT2D eigenvalue weighted by molar-refractivity contribution is 0.0706. The van der Waals surface area contributed by atoms with Gasteiger partial charge in [-0.2, -0.15) is 0 Å². The third-order valence-electron chi connectivity index (χ3n) is 4.85. The van der Waals surface area contributed by atoms with Crippen molar-refractivity contribution in [3.63, 3.8) is 0 Å². The zero-order valence-electron chi connectivity index (χ0n) is 16.2. The van der Waals surface area contributed by atoms with Gasteiger partial charge in [-0.25, -0.2) is 15.4 Å². The Kier molecular flexibility index (Phi) is 5.49. The Balaban J connectivity index is 1.53.